The van der Waals surface area contributed by atoms with Gasteiger partial charge in [0.15, 0.2) is 0 Å². The van der Waals surface area contributed by atoms with Crippen LogP contribution in [0.1, 0.15) is 18.4 Å². The lowest BCUT2D eigenvalue weighted by Gasteiger charge is -2.18. The van der Waals surface area contributed by atoms with Gasteiger partial charge in [-0.3, -0.25) is 35.1 Å². The van der Waals surface area contributed by atoms with E-state index < -0.39 is 62.3 Å². The number of nitrogens with two attached hydrogens (primary N) is 1. The van der Waals surface area contributed by atoms with Gasteiger partial charge in [-0.1, -0.05) is 12.1 Å². The number of nitrogens with zero attached hydrogens (tertiary/aromatic N) is 2. The van der Waals surface area contributed by atoms with Crippen molar-refractivity contribution in [3.63, 3.8) is 0 Å². The Labute approximate surface area is 173 Å². The van der Waals surface area contributed by atoms with Crippen molar-refractivity contribution in [2.24, 2.45) is 5.73 Å². The molecule has 4 N–H and O–H groups in total. The molecule has 13 heteroatoms. The molecule has 0 radical (unpaired) electrons. The molecular formula is C18H17F2N5O6. The topological polar surface area (TPSA) is 170 Å². The normalized spacial score (nSPS) is 12.5. The fraction of sp³-hybridized carbons (Fsp3) is 0.222. The summed E-state index contributed by atoms with van der Waals surface area (Å²) in [6.07, 6.45) is 0. The summed E-state index contributed by atoms with van der Waals surface area (Å²) in [6, 6.07) is 4.59. The molecule has 0 heterocycles. The molecule has 0 aromatic heterocycles. The summed E-state index contributed by atoms with van der Waals surface area (Å²) in [4.78, 5) is 44.6. The minimum atomic E-state index is -1.35. The van der Waals surface area contributed by atoms with Crippen LogP contribution in [0.15, 0.2) is 36.4 Å². The Morgan fingerprint density at radius 2 is 1.61 bits per heavy atom. The van der Waals surface area contributed by atoms with Gasteiger partial charge in [0.2, 0.25) is 17.6 Å². The van der Waals surface area contributed by atoms with Crippen LogP contribution in [0.2, 0.25) is 0 Å². The zero-order valence-corrected chi connectivity index (χ0v) is 16.0. The van der Waals surface area contributed by atoms with Gasteiger partial charge in [0.05, 0.1) is 21.8 Å². The molecule has 0 saturated heterocycles. The van der Waals surface area contributed by atoms with Crippen LogP contribution < -0.4 is 16.4 Å². The summed E-state index contributed by atoms with van der Waals surface area (Å²) < 4.78 is 26.9. The van der Waals surface area contributed by atoms with E-state index in [0.717, 1.165) is 12.1 Å². The average molecular weight is 437 g/mol. The van der Waals surface area contributed by atoms with Crippen molar-refractivity contribution in [1.82, 2.24) is 5.32 Å². The minimum Gasteiger partial charge on any atom is -0.368 e. The predicted octanol–water partition coefficient (Wildman–Crippen LogP) is 1.97. The Kier molecular flexibility index (Phi) is 7.26. The van der Waals surface area contributed by atoms with Gasteiger partial charge in [0, 0.05) is 12.6 Å². The summed E-state index contributed by atoms with van der Waals surface area (Å²) in [6.45, 7) is 1.05. The summed E-state index contributed by atoms with van der Waals surface area (Å²) in [5.74, 6) is -4.55. The van der Waals surface area contributed by atoms with E-state index in [1.165, 1.54) is 19.1 Å². The van der Waals surface area contributed by atoms with Gasteiger partial charge in [-0.2, -0.15) is 4.39 Å². The molecule has 0 saturated carbocycles. The van der Waals surface area contributed by atoms with Gasteiger partial charge in [-0.25, -0.2) is 4.39 Å². The lowest BCUT2D eigenvalue weighted by molar-refractivity contribution is -0.395. The molecule has 2 rings (SSSR count). The summed E-state index contributed by atoms with van der Waals surface area (Å²) >= 11 is 0. The number of rotatable bonds is 8. The van der Waals surface area contributed by atoms with Crippen LogP contribution in [0, 0.1) is 31.9 Å². The number of hydrogen-bond acceptors (Lipinski definition) is 8. The zero-order chi connectivity index (χ0) is 23.3. The van der Waals surface area contributed by atoms with Gasteiger partial charge in [-0.15, -0.1) is 0 Å². The maximum absolute atomic E-state index is 13.9. The van der Waals surface area contributed by atoms with Crippen LogP contribution in [-0.4, -0.2) is 34.2 Å². The second-order valence-corrected chi connectivity index (χ2v) is 6.39. The van der Waals surface area contributed by atoms with Crippen molar-refractivity contribution < 1.29 is 28.2 Å². The highest BCUT2D eigenvalue weighted by molar-refractivity contribution is 6.01. The maximum Gasteiger partial charge on any atom is 0.311 e. The first kappa shape index (κ1) is 23.3. The Hall–Kier alpha value is -4.00. The molecule has 0 spiro atoms. The monoisotopic (exact) mass is 437 g/mol. The standard InChI is InChI=1S/C18H17F2N5O6/c1-9(22-14-6-13(20)15(24(28)29)7-16(14)25(30)31)17(26)23-18(27)12(8-21)10-2-4-11(19)5-3-10/h2-7,9,12,22H,8,21H2,1H3,(H,23,26,27)/t9-,12-/m0/s1. The first-order valence-electron chi connectivity index (χ1n) is 8.74. The smallest absolute Gasteiger partial charge is 0.311 e. The Morgan fingerprint density at radius 1 is 1.03 bits per heavy atom. The van der Waals surface area contributed by atoms with Gasteiger partial charge >= 0.3 is 5.69 Å². The number of carbonyl (C=O) groups is 2. The van der Waals surface area contributed by atoms with Crippen LogP contribution in [0.4, 0.5) is 25.8 Å². The number of halogens is 2. The van der Waals surface area contributed by atoms with Crippen molar-refractivity contribution in [3.8, 4) is 0 Å². The average Bonchev–Trinajstić information content (AvgIpc) is 2.69. The van der Waals surface area contributed by atoms with E-state index in [1.54, 1.807) is 0 Å². The molecule has 0 aliphatic rings. The minimum absolute atomic E-state index is 0.189. The highest BCUT2D eigenvalue weighted by Crippen LogP contribution is 2.32. The zero-order valence-electron chi connectivity index (χ0n) is 16.0. The number of imide groups is 1. The first-order valence-corrected chi connectivity index (χ1v) is 8.74. The number of nitrogens with one attached hydrogen (secondary N) is 2. The van der Waals surface area contributed by atoms with E-state index in [4.69, 9.17) is 5.73 Å². The number of anilines is 1. The third-order valence-electron chi connectivity index (χ3n) is 4.29. The highest BCUT2D eigenvalue weighted by atomic mass is 19.1. The van der Waals surface area contributed by atoms with Gasteiger partial charge in [-0.05, 0) is 24.6 Å². The fourth-order valence-electron chi connectivity index (χ4n) is 2.66. The number of nitro groups is 2. The van der Waals surface area contributed by atoms with Crippen LogP contribution in [0.5, 0.6) is 0 Å². The van der Waals surface area contributed by atoms with Crippen LogP contribution in [-0.2, 0) is 9.59 Å². The number of hydrogen-bond donors (Lipinski definition) is 3. The molecule has 2 atom stereocenters. The van der Waals surface area contributed by atoms with Gasteiger partial charge < -0.3 is 11.1 Å². The molecule has 0 unspecified atom stereocenters. The molecular weight excluding hydrogens is 420 g/mol. The molecule has 0 aliphatic heterocycles. The van der Waals surface area contributed by atoms with Crippen molar-refractivity contribution in [1.29, 1.82) is 0 Å². The van der Waals surface area contributed by atoms with E-state index in [1.807, 2.05) is 0 Å². The third kappa shape index (κ3) is 5.54. The largest absolute Gasteiger partial charge is 0.368 e. The molecule has 31 heavy (non-hydrogen) atoms. The van der Waals surface area contributed by atoms with Crippen LogP contribution >= 0.6 is 0 Å². The summed E-state index contributed by atoms with van der Waals surface area (Å²) in [5, 5.41) is 26.4. The van der Waals surface area contributed by atoms with E-state index in [0.29, 0.717) is 17.7 Å². The SMILES string of the molecule is C[C@H](Nc1cc(F)c([N+](=O)[O-])cc1[N+](=O)[O-])C(=O)NC(=O)[C@@H](CN)c1ccc(F)cc1. The number of benzene rings is 2. The van der Waals surface area contributed by atoms with Crippen molar-refractivity contribution in [2.45, 2.75) is 18.9 Å². The molecule has 164 valence electrons. The van der Waals surface area contributed by atoms with E-state index in [-0.39, 0.29) is 6.54 Å². The van der Waals surface area contributed by atoms with Crippen molar-refractivity contribution in [2.75, 3.05) is 11.9 Å². The van der Waals surface area contributed by atoms with E-state index in [2.05, 4.69) is 10.6 Å². The Morgan fingerprint density at radius 3 is 2.13 bits per heavy atom. The van der Waals surface area contributed by atoms with Crippen molar-refractivity contribution in [3.05, 3.63) is 73.8 Å². The molecule has 0 aliphatic carbocycles. The first-order chi connectivity index (χ1) is 14.5. The number of carbonyl (C=O) groups excluding carboxylic acids is 2. The van der Waals surface area contributed by atoms with Crippen LogP contribution in [0.3, 0.4) is 0 Å². The lowest BCUT2D eigenvalue weighted by atomic mass is 9.98. The van der Waals surface area contributed by atoms with Crippen LogP contribution in [0.25, 0.3) is 0 Å². The van der Waals surface area contributed by atoms with Gasteiger partial charge in [0.25, 0.3) is 5.69 Å². The Balaban J connectivity index is 2.17. The molecule has 2 aromatic carbocycles. The Bertz CT molecular complexity index is 1030. The number of nitro benzene ring substituents is 2. The summed E-state index contributed by atoms with van der Waals surface area (Å²) in [7, 11) is 0. The maximum atomic E-state index is 13.9. The van der Waals surface area contributed by atoms with E-state index >= 15 is 0 Å². The quantitative estimate of drug-likeness (QED) is 0.415. The van der Waals surface area contributed by atoms with Crippen molar-refractivity contribution >= 4 is 28.9 Å². The third-order valence-corrected chi connectivity index (χ3v) is 4.29. The lowest BCUT2D eigenvalue weighted by Crippen LogP contribution is -2.44. The molecule has 0 fully saturated rings. The number of amides is 2. The van der Waals surface area contributed by atoms with Gasteiger partial charge in [0.1, 0.15) is 17.5 Å². The highest BCUT2D eigenvalue weighted by Gasteiger charge is 2.28. The second-order valence-electron chi connectivity index (χ2n) is 6.39. The fourth-order valence-corrected chi connectivity index (χ4v) is 2.66. The molecule has 11 nitrogen and oxygen atoms in total. The second kappa shape index (κ2) is 9.67. The predicted molar refractivity (Wildman–Crippen MR) is 104 cm³/mol. The molecule has 2 amide bonds. The van der Waals surface area contributed by atoms with E-state index in [9.17, 15) is 38.6 Å². The molecule has 0 bridgehead atoms. The summed E-state index contributed by atoms with van der Waals surface area (Å²) in [5.41, 5.74) is 3.52. The molecule has 2 aromatic rings.